The van der Waals surface area contributed by atoms with Crippen LogP contribution in [0.4, 0.5) is 11.4 Å². The van der Waals surface area contributed by atoms with Crippen LogP contribution in [0, 0.1) is 10.4 Å². The number of rotatable bonds is 8. The zero-order valence-electron chi connectivity index (χ0n) is 15.5. The fourth-order valence-electron chi connectivity index (χ4n) is 2.99. The second kappa shape index (κ2) is 9.58. The SMILES string of the molecule is COc1ccc(N([O-])OC2CCC(ON([O-])c3ccc(ON)cc3)CC2)cc1. The fraction of sp³-hybridized carbons (Fsp3) is 0.368. The molecule has 0 radical (unpaired) electrons. The van der Waals surface area contributed by atoms with Gasteiger partial charge in [0.1, 0.15) is 11.5 Å². The van der Waals surface area contributed by atoms with Gasteiger partial charge in [-0.3, -0.25) is 9.68 Å². The van der Waals surface area contributed by atoms with Gasteiger partial charge in [0.05, 0.1) is 30.7 Å². The first kappa shape index (κ1) is 20.2. The van der Waals surface area contributed by atoms with Gasteiger partial charge in [-0.1, -0.05) is 0 Å². The molecule has 0 heterocycles. The summed E-state index contributed by atoms with van der Waals surface area (Å²) in [5, 5.41) is 25.3. The molecule has 28 heavy (non-hydrogen) atoms. The molecular weight excluding hydrogens is 366 g/mol. The van der Waals surface area contributed by atoms with Crippen LogP contribution in [0.15, 0.2) is 48.5 Å². The zero-order valence-corrected chi connectivity index (χ0v) is 15.5. The number of methoxy groups -OCH3 is 1. The molecule has 1 saturated carbocycles. The second-order valence-corrected chi connectivity index (χ2v) is 6.43. The number of ether oxygens (including phenoxy) is 1. The lowest BCUT2D eigenvalue weighted by Crippen LogP contribution is -2.34. The molecule has 2 N–H and O–H groups in total. The van der Waals surface area contributed by atoms with Crippen molar-refractivity contribution in [2.24, 2.45) is 5.90 Å². The zero-order chi connectivity index (χ0) is 19.9. The summed E-state index contributed by atoms with van der Waals surface area (Å²) >= 11 is 0. The van der Waals surface area contributed by atoms with Crippen molar-refractivity contribution in [1.82, 2.24) is 0 Å². The topological polar surface area (TPSA) is 116 Å². The van der Waals surface area contributed by atoms with Gasteiger partial charge in [0.25, 0.3) is 0 Å². The maximum absolute atomic E-state index is 12.2. The highest BCUT2D eigenvalue weighted by Gasteiger charge is 2.24. The Morgan fingerprint density at radius 2 is 1.14 bits per heavy atom. The van der Waals surface area contributed by atoms with Gasteiger partial charge in [-0.2, -0.15) is 5.90 Å². The Bertz CT molecular complexity index is 656. The highest BCUT2D eigenvalue weighted by atomic mass is 16.9. The van der Waals surface area contributed by atoms with Gasteiger partial charge < -0.3 is 30.4 Å². The van der Waals surface area contributed by atoms with Gasteiger partial charge in [0, 0.05) is 0 Å². The Hall–Kier alpha value is -2.56. The van der Waals surface area contributed by atoms with Crippen molar-refractivity contribution in [2.45, 2.75) is 37.9 Å². The van der Waals surface area contributed by atoms with Crippen LogP contribution in [0.25, 0.3) is 0 Å². The highest BCUT2D eigenvalue weighted by molar-refractivity contribution is 5.48. The third-order valence-corrected chi connectivity index (χ3v) is 4.58. The van der Waals surface area contributed by atoms with Crippen LogP contribution < -0.4 is 25.9 Å². The molecule has 0 saturated heterocycles. The van der Waals surface area contributed by atoms with E-state index in [4.69, 9.17) is 20.3 Å². The van der Waals surface area contributed by atoms with Crippen LogP contribution in [-0.2, 0) is 9.68 Å². The van der Waals surface area contributed by atoms with Crippen molar-refractivity contribution in [3.63, 3.8) is 0 Å². The lowest BCUT2D eigenvalue weighted by Gasteiger charge is -2.39. The molecule has 0 bridgehead atoms. The third kappa shape index (κ3) is 5.24. The molecule has 0 aromatic heterocycles. The van der Waals surface area contributed by atoms with Gasteiger partial charge in [-0.15, -0.1) is 0 Å². The number of hydrogen-bond donors (Lipinski definition) is 1. The first-order valence-corrected chi connectivity index (χ1v) is 8.98. The Kier molecular flexibility index (Phi) is 6.90. The Balaban J connectivity index is 1.44. The van der Waals surface area contributed by atoms with Gasteiger partial charge in [0.15, 0.2) is 0 Å². The van der Waals surface area contributed by atoms with Crippen molar-refractivity contribution in [1.29, 1.82) is 0 Å². The van der Waals surface area contributed by atoms with Gasteiger partial charge in [-0.25, -0.2) is 0 Å². The van der Waals surface area contributed by atoms with Crippen molar-refractivity contribution >= 4 is 11.4 Å². The smallest absolute Gasteiger partial charge is 0.146 e. The minimum atomic E-state index is -0.233. The molecule has 0 atom stereocenters. The summed E-state index contributed by atoms with van der Waals surface area (Å²) in [4.78, 5) is 15.5. The number of anilines is 2. The molecule has 3 rings (SSSR count). The Labute approximate surface area is 163 Å². The second-order valence-electron chi connectivity index (χ2n) is 6.43. The number of benzene rings is 2. The molecule has 152 valence electrons. The fourth-order valence-corrected chi connectivity index (χ4v) is 2.99. The van der Waals surface area contributed by atoms with E-state index in [1.807, 2.05) is 0 Å². The van der Waals surface area contributed by atoms with E-state index in [-0.39, 0.29) is 12.2 Å². The number of nitrogens with zero attached hydrogens (tertiary/aromatic N) is 2. The van der Waals surface area contributed by atoms with Crippen LogP contribution >= 0.6 is 0 Å². The van der Waals surface area contributed by atoms with Crippen LogP contribution in [0.5, 0.6) is 11.5 Å². The van der Waals surface area contributed by atoms with E-state index in [9.17, 15) is 10.4 Å². The summed E-state index contributed by atoms with van der Waals surface area (Å²) < 4.78 is 5.07. The highest BCUT2D eigenvalue weighted by Crippen LogP contribution is 2.28. The van der Waals surface area contributed by atoms with Crippen LogP contribution in [0.3, 0.4) is 0 Å². The largest absolute Gasteiger partial charge is 0.733 e. The molecule has 2 aromatic carbocycles. The average Bonchev–Trinajstić information content (AvgIpc) is 2.75. The normalized spacial score (nSPS) is 19.1. The van der Waals surface area contributed by atoms with E-state index in [2.05, 4.69) is 4.84 Å². The van der Waals surface area contributed by atoms with Gasteiger partial charge in [0.2, 0.25) is 0 Å². The monoisotopic (exact) mass is 389 g/mol. The summed E-state index contributed by atoms with van der Waals surface area (Å²) in [6.07, 6.45) is 2.01. The summed E-state index contributed by atoms with van der Waals surface area (Å²) in [5.41, 5.74) is 0.749. The summed E-state index contributed by atoms with van der Waals surface area (Å²) in [6.45, 7) is 0. The first-order chi connectivity index (χ1) is 13.6. The van der Waals surface area contributed by atoms with E-state index in [1.54, 1.807) is 55.6 Å². The predicted octanol–water partition coefficient (Wildman–Crippen LogP) is 3.43. The van der Waals surface area contributed by atoms with Crippen LogP contribution in [0.2, 0.25) is 0 Å². The molecular formula is C19H23N3O6-2. The minimum absolute atomic E-state index is 0.222. The van der Waals surface area contributed by atoms with Gasteiger partial charge in [-0.05, 0) is 74.2 Å². The maximum Gasteiger partial charge on any atom is 0.146 e. The summed E-state index contributed by atoms with van der Waals surface area (Å²) in [5.74, 6) is 6.18. The van der Waals surface area contributed by atoms with Crippen LogP contribution in [-0.4, -0.2) is 19.3 Å². The van der Waals surface area contributed by atoms with E-state index in [0.717, 1.165) is 0 Å². The van der Waals surface area contributed by atoms with Crippen LogP contribution in [0.1, 0.15) is 25.7 Å². The average molecular weight is 389 g/mol. The quantitative estimate of drug-likeness (QED) is 0.678. The van der Waals surface area contributed by atoms with Crippen molar-refractivity contribution < 1.29 is 19.2 Å². The lowest BCUT2D eigenvalue weighted by atomic mass is 9.95. The van der Waals surface area contributed by atoms with Crippen molar-refractivity contribution in [2.75, 3.05) is 17.6 Å². The van der Waals surface area contributed by atoms with E-state index >= 15 is 0 Å². The molecule has 9 heteroatoms. The summed E-state index contributed by atoms with van der Waals surface area (Å²) in [7, 11) is 1.56. The van der Waals surface area contributed by atoms with E-state index < -0.39 is 0 Å². The number of nitrogens with two attached hydrogens (primary N) is 1. The molecule has 2 aromatic rings. The standard InChI is InChI=1S/C19H23N3O6/c1-25-16-6-2-14(3-7-16)21(23)27-18-10-12-19(13-11-18)28-22(24)15-4-8-17(26-20)9-5-15/h2-9,18-19H,10-13,20H2,1H3/q-2. The Morgan fingerprint density at radius 3 is 1.50 bits per heavy atom. The molecule has 9 nitrogen and oxygen atoms in total. The molecule has 0 unspecified atom stereocenters. The van der Waals surface area contributed by atoms with Crippen molar-refractivity contribution in [3.05, 3.63) is 58.9 Å². The molecule has 1 fully saturated rings. The lowest BCUT2D eigenvalue weighted by molar-refractivity contribution is -0.0337. The predicted molar refractivity (Wildman–Crippen MR) is 104 cm³/mol. The van der Waals surface area contributed by atoms with E-state index in [1.165, 1.54) is 0 Å². The molecule has 1 aliphatic carbocycles. The molecule has 0 aliphatic heterocycles. The maximum atomic E-state index is 12.2. The number of hydrogen-bond acceptors (Lipinski definition) is 9. The van der Waals surface area contributed by atoms with E-state index in [0.29, 0.717) is 59.0 Å². The third-order valence-electron chi connectivity index (χ3n) is 4.58. The molecule has 0 spiro atoms. The minimum Gasteiger partial charge on any atom is -0.733 e. The molecule has 0 amide bonds. The molecule has 1 aliphatic rings. The van der Waals surface area contributed by atoms with Crippen molar-refractivity contribution in [3.8, 4) is 11.5 Å². The summed E-state index contributed by atoms with van der Waals surface area (Å²) in [6, 6.07) is 13.0. The van der Waals surface area contributed by atoms with Gasteiger partial charge >= 0.3 is 0 Å². The Morgan fingerprint density at radius 1 is 0.750 bits per heavy atom. The first-order valence-electron chi connectivity index (χ1n) is 8.98.